The van der Waals surface area contributed by atoms with Crippen LogP contribution in [0.15, 0.2) is 18.2 Å². The van der Waals surface area contributed by atoms with Crippen molar-refractivity contribution in [2.75, 3.05) is 7.05 Å². The monoisotopic (exact) mass is 290 g/mol. The molecule has 2 bridgehead atoms. The second-order valence-electron chi connectivity index (χ2n) is 6.51. The van der Waals surface area contributed by atoms with Crippen LogP contribution in [0.1, 0.15) is 48.0 Å². The van der Waals surface area contributed by atoms with E-state index in [0.717, 1.165) is 12.8 Å². The predicted octanol–water partition coefficient (Wildman–Crippen LogP) is 2.88. The summed E-state index contributed by atoms with van der Waals surface area (Å²) in [5.74, 6) is -0.363. The molecule has 0 aliphatic carbocycles. The fourth-order valence-corrected chi connectivity index (χ4v) is 3.88. The van der Waals surface area contributed by atoms with Crippen molar-refractivity contribution in [1.82, 2.24) is 10.2 Å². The van der Waals surface area contributed by atoms with Crippen LogP contribution in [0.5, 0.6) is 0 Å². The molecule has 2 unspecified atom stereocenters. The minimum Gasteiger partial charge on any atom is -0.349 e. The van der Waals surface area contributed by atoms with Crippen molar-refractivity contribution in [3.8, 4) is 0 Å². The maximum atomic E-state index is 13.1. The molecule has 0 saturated carbocycles. The van der Waals surface area contributed by atoms with Crippen LogP contribution in [-0.2, 0) is 0 Å². The number of nitrogens with zero attached hydrogens (tertiary/aromatic N) is 1. The van der Waals surface area contributed by atoms with Crippen molar-refractivity contribution in [1.29, 1.82) is 0 Å². The molecule has 21 heavy (non-hydrogen) atoms. The van der Waals surface area contributed by atoms with Gasteiger partial charge in [-0.15, -0.1) is 0 Å². The van der Waals surface area contributed by atoms with Crippen LogP contribution < -0.4 is 5.32 Å². The molecule has 3 rings (SSSR count). The summed E-state index contributed by atoms with van der Waals surface area (Å²) >= 11 is 0. The molecule has 0 spiro atoms. The number of fused-ring (bicyclic) bond motifs is 2. The van der Waals surface area contributed by atoms with Gasteiger partial charge in [0.15, 0.2) is 0 Å². The number of aryl methyl sites for hydroxylation is 1. The SMILES string of the molecule is Cc1cc(F)ccc1C(=O)NC1CC2CCCC(C1)N2C. The third-order valence-electron chi connectivity index (χ3n) is 5.11. The summed E-state index contributed by atoms with van der Waals surface area (Å²) < 4.78 is 13.1. The highest BCUT2D eigenvalue weighted by molar-refractivity contribution is 5.95. The first-order valence-corrected chi connectivity index (χ1v) is 7.83. The summed E-state index contributed by atoms with van der Waals surface area (Å²) in [4.78, 5) is 14.9. The zero-order valence-corrected chi connectivity index (χ0v) is 12.7. The average Bonchev–Trinajstić information content (AvgIpc) is 2.39. The first kappa shape index (κ1) is 14.5. The Labute approximate surface area is 125 Å². The van der Waals surface area contributed by atoms with E-state index in [1.54, 1.807) is 13.0 Å². The summed E-state index contributed by atoms with van der Waals surface area (Å²) in [6.07, 6.45) is 5.82. The largest absolute Gasteiger partial charge is 0.349 e. The molecule has 0 aromatic heterocycles. The lowest BCUT2D eigenvalue weighted by Gasteiger charge is -2.47. The van der Waals surface area contributed by atoms with E-state index in [1.165, 1.54) is 31.4 Å². The molecular weight excluding hydrogens is 267 g/mol. The molecule has 114 valence electrons. The van der Waals surface area contributed by atoms with E-state index < -0.39 is 0 Å². The standard InChI is InChI=1S/C17H23FN2O/c1-11-8-12(18)6-7-16(11)17(21)19-13-9-14-4-3-5-15(10-13)20(14)2/h6-8,13-15H,3-5,9-10H2,1-2H3,(H,19,21). The summed E-state index contributed by atoms with van der Waals surface area (Å²) in [5, 5.41) is 3.16. The van der Waals surface area contributed by atoms with Gasteiger partial charge in [0.1, 0.15) is 5.82 Å². The first-order chi connectivity index (χ1) is 10.0. The van der Waals surface area contributed by atoms with Crippen LogP contribution in [-0.4, -0.2) is 36.0 Å². The quantitative estimate of drug-likeness (QED) is 0.908. The lowest BCUT2D eigenvalue weighted by atomic mass is 9.82. The molecule has 1 N–H and O–H groups in total. The second-order valence-corrected chi connectivity index (χ2v) is 6.51. The van der Waals surface area contributed by atoms with Crippen LogP contribution in [0.4, 0.5) is 4.39 Å². The van der Waals surface area contributed by atoms with Gasteiger partial charge in [0.2, 0.25) is 0 Å². The lowest BCUT2D eigenvalue weighted by molar-refractivity contribution is 0.0463. The van der Waals surface area contributed by atoms with Gasteiger partial charge in [-0.05, 0) is 63.4 Å². The third kappa shape index (κ3) is 2.95. The number of piperidine rings is 2. The molecular formula is C17H23FN2O. The zero-order chi connectivity index (χ0) is 15.0. The number of carbonyl (C=O) groups is 1. The van der Waals surface area contributed by atoms with E-state index in [9.17, 15) is 9.18 Å². The number of halogens is 1. The Morgan fingerprint density at radius 2 is 1.95 bits per heavy atom. The molecule has 1 aromatic carbocycles. The Hall–Kier alpha value is -1.42. The van der Waals surface area contributed by atoms with Crippen molar-refractivity contribution in [2.24, 2.45) is 0 Å². The van der Waals surface area contributed by atoms with Crippen molar-refractivity contribution in [2.45, 2.75) is 57.2 Å². The molecule has 2 fully saturated rings. The topological polar surface area (TPSA) is 32.3 Å². The van der Waals surface area contributed by atoms with Crippen LogP contribution in [0.2, 0.25) is 0 Å². The fourth-order valence-electron chi connectivity index (χ4n) is 3.88. The molecule has 1 aromatic rings. The number of benzene rings is 1. The number of hydrogen-bond acceptors (Lipinski definition) is 2. The average molecular weight is 290 g/mol. The van der Waals surface area contributed by atoms with Gasteiger partial charge in [0.05, 0.1) is 0 Å². The van der Waals surface area contributed by atoms with E-state index >= 15 is 0 Å². The first-order valence-electron chi connectivity index (χ1n) is 7.83. The van der Waals surface area contributed by atoms with Crippen molar-refractivity contribution >= 4 is 5.91 Å². The summed E-state index contributed by atoms with van der Waals surface area (Å²) in [6, 6.07) is 5.78. The summed E-state index contributed by atoms with van der Waals surface area (Å²) in [5.41, 5.74) is 1.28. The Balaban J connectivity index is 1.68. The van der Waals surface area contributed by atoms with Crippen LogP contribution >= 0.6 is 0 Å². The van der Waals surface area contributed by atoms with Gasteiger partial charge in [0, 0.05) is 23.7 Å². The van der Waals surface area contributed by atoms with Crippen molar-refractivity contribution in [3.63, 3.8) is 0 Å². The van der Waals surface area contributed by atoms with E-state index in [2.05, 4.69) is 17.3 Å². The number of nitrogens with one attached hydrogen (secondary N) is 1. The molecule has 0 radical (unpaired) electrons. The van der Waals surface area contributed by atoms with Gasteiger partial charge in [-0.2, -0.15) is 0 Å². The fraction of sp³-hybridized carbons (Fsp3) is 0.588. The van der Waals surface area contributed by atoms with E-state index in [0.29, 0.717) is 23.2 Å². The minimum atomic E-state index is -0.294. The minimum absolute atomic E-state index is 0.0693. The van der Waals surface area contributed by atoms with Gasteiger partial charge < -0.3 is 10.2 Å². The second kappa shape index (κ2) is 5.76. The van der Waals surface area contributed by atoms with E-state index in [4.69, 9.17) is 0 Å². The maximum Gasteiger partial charge on any atom is 0.251 e. The number of amides is 1. The molecule has 1 amide bonds. The Morgan fingerprint density at radius 1 is 1.29 bits per heavy atom. The molecule has 4 heteroatoms. The van der Waals surface area contributed by atoms with Gasteiger partial charge in [0.25, 0.3) is 5.91 Å². The smallest absolute Gasteiger partial charge is 0.251 e. The van der Waals surface area contributed by atoms with E-state index in [-0.39, 0.29) is 17.8 Å². The number of carbonyl (C=O) groups excluding carboxylic acids is 1. The molecule has 2 aliphatic rings. The Bertz CT molecular complexity index is 532. The normalized spacial score (nSPS) is 29.2. The van der Waals surface area contributed by atoms with Crippen LogP contribution in [0.3, 0.4) is 0 Å². The van der Waals surface area contributed by atoms with Crippen molar-refractivity contribution in [3.05, 3.63) is 35.1 Å². The third-order valence-corrected chi connectivity index (χ3v) is 5.11. The van der Waals surface area contributed by atoms with Crippen LogP contribution in [0.25, 0.3) is 0 Å². The lowest BCUT2D eigenvalue weighted by Crippen LogP contribution is -2.55. The Kier molecular flexibility index (Phi) is 3.98. The highest BCUT2D eigenvalue weighted by atomic mass is 19.1. The highest BCUT2D eigenvalue weighted by Crippen LogP contribution is 2.32. The van der Waals surface area contributed by atoms with Gasteiger partial charge in [-0.1, -0.05) is 6.42 Å². The van der Waals surface area contributed by atoms with Crippen LogP contribution in [0, 0.1) is 12.7 Å². The van der Waals surface area contributed by atoms with Gasteiger partial charge in [-0.25, -0.2) is 4.39 Å². The molecule has 3 nitrogen and oxygen atoms in total. The molecule has 2 atom stereocenters. The maximum absolute atomic E-state index is 13.1. The summed E-state index contributed by atoms with van der Waals surface area (Å²) in [6.45, 7) is 1.78. The van der Waals surface area contributed by atoms with E-state index in [1.807, 2.05) is 0 Å². The molecule has 2 heterocycles. The number of rotatable bonds is 2. The molecule has 2 saturated heterocycles. The predicted molar refractivity (Wildman–Crippen MR) is 80.8 cm³/mol. The van der Waals surface area contributed by atoms with Gasteiger partial charge in [-0.3, -0.25) is 4.79 Å². The zero-order valence-electron chi connectivity index (χ0n) is 12.7. The Morgan fingerprint density at radius 3 is 2.57 bits per heavy atom. The number of hydrogen-bond donors (Lipinski definition) is 1. The summed E-state index contributed by atoms with van der Waals surface area (Å²) in [7, 11) is 2.21. The highest BCUT2D eigenvalue weighted by Gasteiger charge is 2.36. The van der Waals surface area contributed by atoms with Gasteiger partial charge >= 0.3 is 0 Å². The van der Waals surface area contributed by atoms with Crippen molar-refractivity contribution < 1.29 is 9.18 Å². The molecule has 2 aliphatic heterocycles.